The van der Waals surface area contributed by atoms with Crippen molar-refractivity contribution in [1.82, 2.24) is 4.90 Å². The van der Waals surface area contributed by atoms with Crippen LogP contribution in [0.3, 0.4) is 0 Å². The van der Waals surface area contributed by atoms with Crippen molar-refractivity contribution in [2.75, 3.05) is 27.3 Å². The zero-order chi connectivity index (χ0) is 18.2. The number of aliphatic hydroxyl groups is 1. The van der Waals surface area contributed by atoms with Crippen LogP contribution in [-0.4, -0.2) is 49.5 Å². The van der Waals surface area contributed by atoms with Gasteiger partial charge >= 0.3 is 0 Å². The van der Waals surface area contributed by atoms with Crippen LogP contribution in [0.25, 0.3) is 0 Å². The number of likely N-dealkylation sites (N-methyl/N-ethyl adjacent to an activating group) is 1. The molecule has 2 aromatic rings. The van der Waals surface area contributed by atoms with E-state index in [0.29, 0.717) is 19.2 Å². The Balaban J connectivity index is 1.79. The molecule has 2 aromatic carbocycles. The van der Waals surface area contributed by atoms with Crippen LogP contribution in [0.15, 0.2) is 48.5 Å². The second-order valence-corrected chi connectivity index (χ2v) is 6.57. The Morgan fingerprint density at radius 1 is 1.08 bits per heavy atom. The number of hydrogen-bond donors (Lipinski definition) is 1. The SMILES string of the molecule is COc1ccc(CC(C)N(C)CC(O)COc2ccccc2C)cc1. The molecule has 0 aliphatic heterocycles. The molecule has 1 N–H and O–H groups in total. The number of benzene rings is 2. The van der Waals surface area contributed by atoms with Crippen molar-refractivity contribution in [3.63, 3.8) is 0 Å². The first-order chi connectivity index (χ1) is 12.0. The molecule has 0 saturated carbocycles. The number of para-hydroxylation sites is 1. The Morgan fingerprint density at radius 2 is 1.76 bits per heavy atom. The number of aryl methyl sites for hydroxylation is 1. The van der Waals surface area contributed by atoms with Crippen LogP contribution in [0, 0.1) is 6.92 Å². The lowest BCUT2D eigenvalue weighted by Crippen LogP contribution is -2.39. The minimum Gasteiger partial charge on any atom is -0.497 e. The fourth-order valence-corrected chi connectivity index (χ4v) is 2.73. The maximum absolute atomic E-state index is 10.3. The van der Waals surface area contributed by atoms with Crippen molar-refractivity contribution in [2.45, 2.75) is 32.4 Å². The lowest BCUT2D eigenvalue weighted by molar-refractivity contribution is 0.0652. The molecule has 0 fully saturated rings. The molecule has 4 nitrogen and oxygen atoms in total. The van der Waals surface area contributed by atoms with Crippen LogP contribution < -0.4 is 9.47 Å². The molecule has 0 radical (unpaired) electrons. The number of nitrogens with zero attached hydrogens (tertiary/aromatic N) is 1. The third-order valence-electron chi connectivity index (χ3n) is 4.47. The number of hydrogen-bond acceptors (Lipinski definition) is 4. The van der Waals surface area contributed by atoms with Crippen LogP contribution in [0.1, 0.15) is 18.1 Å². The molecule has 4 heteroatoms. The summed E-state index contributed by atoms with van der Waals surface area (Å²) in [5.74, 6) is 1.70. The lowest BCUT2D eigenvalue weighted by Gasteiger charge is -2.27. The van der Waals surface area contributed by atoms with Crippen LogP contribution in [-0.2, 0) is 6.42 Å². The Kier molecular flexibility index (Phi) is 7.29. The molecule has 136 valence electrons. The van der Waals surface area contributed by atoms with Crippen LogP contribution in [0.2, 0.25) is 0 Å². The third kappa shape index (κ3) is 6.07. The van der Waals surface area contributed by atoms with Crippen molar-refractivity contribution in [3.05, 3.63) is 59.7 Å². The molecule has 0 heterocycles. The minimum atomic E-state index is -0.525. The van der Waals surface area contributed by atoms with Gasteiger partial charge in [0.2, 0.25) is 0 Å². The maximum Gasteiger partial charge on any atom is 0.122 e. The second kappa shape index (κ2) is 9.44. The van der Waals surface area contributed by atoms with Gasteiger partial charge < -0.3 is 19.5 Å². The van der Waals surface area contributed by atoms with E-state index < -0.39 is 6.10 Å². The average molecular weight is 343 g/mol. The summed E-state index contributed by atoms with van der Waals surface area (Å²) in [6, 6.07) is 16.3. The summed E-state index contributed by atoms with van der Waals surface area (Å²) in [5, 5.41) is 10.3. The van der Waals surface area contributed by atoms with E-state index in [1.807, 2.05) is 50.4 Å². The maximum atomic E-state index is 10.3. The van der Waals surface area contributed by atoms with Crippen LogP contribution in [0.4, 0.5) is 0 Å². The number of rotatable bonds is 9. The highest BCUT2D eigenvalue weighted by Gasteiger charge is 2.15. The Morgan fingerprint density at radius 3 is 2.40 bits per heavy atom. The third-order valence-corrected chi connectivity index (χ3v) is 4.47. The van der Waals surface area contributed by atoms with Gasteiger partial charge in [-0.2, -0.15) is 0 Å². The van der Waals surface area contributed by atoms with E-state index in [9.17, 15) is 5.11 Å². The van der Waals surface area contributed by atoms with Crippen molar-refractivity contribution in [1.29, 1.82) is 0 Å². The monoisotopic (exact) mass is 343 g/mol. The van der Waals surface area contributed by atoms with Crippen molar-refractivity contribution < 1.29 is 14.6 Å². The molecule has 2 unspecified atom stereocenters. The Bertz CT molecular complexity index is 642. The van der Waals surface area contributed by atoms with Gasteiger partial charge in [0.05, 0.1) is 7.11 Å². The minimum absolute atomic E-state index is 0.296. The van der Waals surface area contributed by atoms with Crippen molar-refractivity contribution in [3.8, 4) is 11.5 Å². The summed E-state index contributed by atoms with van der Waals surface area (Å²) in [6.45, 7) is 5.04. The van der Waals surface area contributed by atoms with Crippen molar-refractivity contribution in [2.24, 2.45) is 0 Å². The van der Waals surface area contributed by atoms with Gasteiger partial charge in [0.1, 0.15) is 24.2 Å². The molecular formula is C21H29NO3. The molecule has 0 aliphatic carbocycles. The summed E-state index contributed by atoms with van der Waals surface area (Å²) < 4.78 is 10.9. The molecule has 0 amide bonds. The van der Waals surface area contributed by atoms with E-state index >= 15 is 0 Å². The standard InChI is InChI=1S/C21H29NO3/c1-16-7-5-6-8-21(16)25-15-19(23)14-22(3)17(2)13-18-9-11-20(24-4)12-10-18/h5-12,17,19,23H,13-15H2,1-4H3. The van der Waals surface area contributed by atoms with Gasteiger partial charge in [0.25, 0.3) is 0 Å². The highest BCUT2D eigenvalue weighted by Crippen LogP contribution is 2.17. The summed E-state index contributed by atoms with van der Waals surface area (Å²) in [4.78, 5) is 2.16. The molecule has 0 spiro atoms. The van der Waals surface area contributed by atoms with Crippen molar-refractivity contribution >= 4 is 0 Å². The zero-order valence-corrected chi connectivity index (χ0v) is 15.6. The quantitative estimate of drug-likeness (QED) is 0.758. The van der Waals surface area contributed by atoms with Gasteiger partial charge in [-0.25, -0.2) is 0 Å². The van der Waals surface area contributed by atoms with Crippen LogP contribution >= 0.6 is 0 Å². The van der Waals surface area contributed by atoms with E-state index in [0.717, 1.165) is 23.5 Å². The Labute approximate surface area is 151 Å². The molecule has 0 bridgehead atoms. The molecule has 25 heavy (non-hydrogen) atoms. The highest BCUT2D eigenvalue weighted by molar-refractivity contribution is 5.31. The topological polar surface area (TPSA) is 41.9 Å². The molecule has 0 saturated heterocycles. The number of ether oxygens (including phenoxy) is 2. The van der Waals surface area contributed by atoms with Gasteiger partial charge in [-0.05, 0) is 56.6 Å². The van der Waals surface area contributed by atoms with E-state index in [1.165, 1.54) is 5.56 Å². The largest absolute Gasteiger partial charge is 0.497 e. The second-order valence-electron chi connectivity index (χ2n) is 6.57. The van der Waals surface area contributed by atoms with Gasteiger partial charge in [-0.3, -0.25) is 0 Å². The van der Waals surface area contributed by atoms with E-state index in [2.05, 4.69) is 24.0 Å². The highest BCUT2D eigenvalue weighted by atomic mass is 16.5. The lowest BCUT2D eigenvalue weighted by atomic mass is 10.1. The molecule has 0 aromatic heterocycles. The molecule has 2 atom stereocenters. The fraction of sp³-hybridized carbons (Fsp3) is 0.429. The van der Waals surface area contributed by atoms with Gasteiger partial charge in [0.15, 0.2) is 0 Å². The number of aliphatic hydroxyl groups excluding tert-OH is 1. The predicted molar refractivity (Wildman–Crippen MR) is 101 cm³/mol. The van der Waals surface area contributed by atoms with Gasteiger partial charge in [-0.15, -0.1) is 0 Å². The molecule has 0 aliphatic rings. The van der Waals surface area contributed by atoms with Crippen LogP contribution in [0.5, 0.6) is 11.5 Å². The summed E-state index contributed by atoms with van der Waals surface area (Å²) in [6.07, 6.45) is 0.397. The number of methoxy groups -OCH3 is 1. The summed E-state index contributed by atoms with van der Waals surface area (Å²) in [7, 11) is 3.71. The fourth-order valence-electron chi connectivity index (χ4n) is 2.73. The van der Waals surface area contributed by atoms with Gasteiger partial charge in [-0.1, -0.05) is 30.3 Å². The average Bonchev–Trinajstić information content (AvgIpc) is 2.61. The zero-order valence-electron chi connectivity index (χ0n) is 15.6. The summed E-state index contributed by atoms with van der Waals surface area (Å²) >= 11 is 0. The summed E-state index contributed by atoms with van der Waals surface area (Å²) in [5.41, 5.74) is 2.33. The van der Waals surface area contributed by atoms with E-state index in [-0.39, 0.29) is 0 Å². The normalized spacial score (nSPS) is 13.5. The van der Waals surface area contributed by atoms with E-state index in [1.54, 1.807) is 7.11 Å². The first kappa shape index (κ1) is 19.3. The smallest absolute Gasteiger partial charge is 0.122 e. The van der Waals surface area contributed by atoms with E-state index in [4.69, 9.17) is 9.47 Å². The van der Waals surface area contributed by atoms with Gasteiger partial charge in [0, 0.05) is 12.6 Å². The molecule has 2 rings (SSSR count). The first-order valence-electron chi connectivity index (χ1n) is 8.69. The first-order valence-corrected chi connectivity index (χ1v) is 8.69. The Hall–Kier alpha value is -2.04. The predicted octanol–water partition coefficient (Wildman–Crippen LogP) is 3.31. The molecular weight excluding hydrogens is 314 g/mol.